The summed E-state index contributed by atoms with van der Waals surface area (Å²) in [4.78, 5) is 13.4. The van der Waals surface area contributed by atoms with Gasteiger partial charge in [0, 0.05) is 6.42 Å². The number of aliphatic hydroxyl groups is 11. The van der Waals surface area contributed by atoms with E-state index in [4.69, 9.17) is 28.4 Å². The van der Waals surface area contributed by atoms with E-state index in [-0.39, 0.29) is 18.9 Å². The Morgan fingerprint density at radius 2 is 0.744 bits per heavy atom. The van der Waals surface area contributed by atoms with Crippen molar-refractivity contribution in [1.29, 1.82) is 0 Å². The van der Waals surface area contributed by atoms with Gasteiger partial charge in [-0.3, -0.25) is 4.79 Å². The second-order valence-electron chi connectivity index (χ2n) is 25.3. The first-order valence-corrected chi connectivity index (χ1v) is 35.5. The number of aliphatic hydroxyl groups excluding tert-OH is 11. The van der Waals surface area contributed by atoms with E-state index in [1.165, 1.54) is 141 Å². The van der Waals surface area contributed by atoms with Crippen molar-refractivity contribution in [2.75, 3.05) is 26.4 Å². The zero-order chi connectivity index (χ0) is 65.4. The van der Waals surface area contributed by atoms with Gasteiger partial charge in [0.1, 0.15) is 73.2 Å². The number of nitrogens with one attached hydrogen (secondary N) is 1. The molecule has 19 nitrogen and oxygen atoms in total. The summed E-state index contributed by atoms with van der Waals surface area (Å²) in [6.07, 6.45) is 37.7. The van der Waals surface area contributed by atoms with E-state index >= 15 is 0 Å². The summed E-state index contributed by atoms with van der Waals surface area (Å²) < 4.78 is 34.3. The highest BCUT2D eigenvalue weighted by molar-refractivity contribution is 5.76. The minimum absolute atomic E-state index is 0.219. The van der Waals surface area contributed by atoms with Crippen LogP contribution in [0.25, 0.3) is 0 Å². The Morgan fingerprint density at radius 3 is 1.21 bits per heavy atom. The zero-order valence-electron chi connectivity index (χ0n) is 55.4. The fraction of sp³-hybridized carbons (Fsp3) is 0.845. The quantitative estimate of drug-likeness (QED) is 0.0199. The molecule has 1 amide bonds. The average Bonchev–Trinajstić information content (AvgIpc) is 0.846. The molecule has 3 fully saturated rings. The van der Waals surface area contributed by atoms with Crippen LogP contribution in [-0.4, -0.2) is 193 Å². The Morgan fingerprint density at radius 1 is 0.400 bits per heavy atom. The van der Waals surface area contributed by atoms with Gasteiger partial charge < -0.3 is 89.9 Å². The molecule has 3 saturated heterocycles. The Labute approximate surface area is 541 Å². The maximum Gasteiger partial charge on any atom is 0.220 e. The van der Waals surface area contributed by atoms with Crippen LogP contribution in [-0.2, 0) is 33.2 Å². The van der Waals surface area contributed by atoms with E-state index in [2.05, 4.69) is 67.8 Å². The molecule has 90 heavy (non-hydrogen) atoms. The number of hydrogen-bond donors (Lipinski definition) is 12. The molecule has 17 atom stereocenters. The van der Waals surface area contributed by atoms with Crippen molar-refractivity contribution in [1.82, 2.24) is 5.32 Å². The van der Waals surface area contributed by atoms with Gasteiger partial charge in [-0.25, -0.2) is 0 Å². The molecule has 17 unspecified atom stereocenters. The lowest BCUT2D eigenvalue weighted by atomic mass is 9.96. The van der Waals surface area contributed by atoms with Crippen LogP contribution in [0.3, 0.4) is 0 Å². The Bertz CT molecular complexity index is 1870. The molecule has 3 rings (SSSR count). The van der Waals surface area contributed by atoms with Crippen molar-refractivity contribution < 1.29 is 89.4 Å². The summed E-state index contributed by atoms with van der Waals surface area (Å²) in [5.41, 5.74) is 0. The Hall–Kier alpha value is -2.51. The van der Waals surface area contributed by atoms with Gasteiger partial charge in [0.2, 0.25) is 5.91 Å². The first-order chi connectivity index (χ1) is 43.8. The lowest BCUT2D eigenvalue weighted by Gasteiger charge is -2.48. The highest BCUT2D eigenvalue weighted by atomic mass is 16.8. The van der Waals surface area contributed by atoms with Crippen LogP contribution in [0.4, 0.5) is 0 Å². The normalized spacial score (nSPS) is 28.4. The second kappa shape index (κ2) is 52.7. The van der Waals surface area contributed by atoms with Gasteiger partial charge in [-0.2, -0.15) is 0 Å². The fourth-order valence-electron chi connectivity index (χ4n) is 11.7. The number of hydrogen-bond acceptors (Lipinski definition) is 18. The van der Waals surface area contributed by atoms with Crippen LogP contribution in [0.2, 0.25) is 0 Å². The number of carbonyl (C=O) groups excluding carboxylic acids is 1. The van der Waals surface area contributed by atoms with Crippen molar-refractivity contribution in [3.05, 3.63) is 60.8 Å². The largest absolute Gasteiger partial charge is 0.394 e. The highest BCUT2D eigenvalue weighted by Crippen LogP contribution is 2.33. The van der Waals surface area contributed by atoms with Gasteiger partial charge >= 0.3 is 0 Å². The van der Waals surface area contributed by atoms with Gasteiger partial charge in [0.15, 0.2) is 18.9 Å². The molecular formula is C71H127NO18. The van der Waals surface area contributed by atoms with Crippen LogP contribution >= 0.6 is 0 Å². The molecule has 0 aromatic heterocycles. The van der Waals surface area contributed by atoms with E-state index in [9.17, 15) is 61.0 Å². The SMILES string of the molecule is CCCCC/C=C\C/C=C\C/C=C\CCCCCCCCC(=O)NC(COC1OC(CO)C(OC2OC(CO)C(OC3OC(CO)C(O)C(O)C3O)C(O)C2O)C(O)C1O)C(O)/C=C/CC/C=C/CCCCCCCCCCCCCCCCCCCCCC. The minimum atomic E-state index is -1.98. The van der Waals surface area contributed by atoms with Crippen molar-refractivity contribution in [2.45, 2.75) is 356 Å². The van der Waals surface area contributed by atoms with Crippen molar-refractivity contribution in [3.63, 3.8) is 0 Å². The number of ether oxygens (including phenoxy) is 6. The monoisotopic (exact) mass is 1280 g/mol. The van der Waals surface area contributed by atoms with Gasteiger partial charge in [-0.05, 0) is 70.6 Å². The molecule has 3 aliphatic heterocycles. The van der Waals surface area contributed by atoms with Crippen LogP contribution in [0, 0.1) is 0 Å². The molecule has 0 aromatic rings. The van der Waals surface area contributed by atoms with E-state index in [0.717, 1.165) is 77.0 Å². The Kier molecular flexibility index (Phi) is 47.9. The molecule has 19 heteroatoms. The standard InChI is InChI=1S/C71H127NO18/c1-3-5-7-9-11-13-15-17-19-21-23-24-25-26-27-28-29-31-32-34-36-38-40-42-44-46-48-55(76)54(72-59(77)49-47-45-43-41-39-37-35-33-30-22-20-18-16-14-12-10-8-6-4-2)53-85-69-65(83)62(80)67(57(51-74)87-69)90-71-66(84)63(81)68(58(52-75)88-71)89-70-64(82)61(79)60(78)56(50-73)86-70/h12,14,18,20,30,33,38,40,46,48,54-58,60-71,73-76,78-84H,3-11,13,15-17,19,21-29,31-32,34-37,39,41-45,47,49-53H2,1-2H3,(H,72,77)/b14-12-,20-18-,33-30-,40-38+,48-46+. The number of allylic oxidation sites excluding steroid dienone is 9. The summed E-state index contributed by atoms with van der Waals surface area (Å²) in [5.74, 6) is -0.298. The van der Waals surface area contributed by atoms with Crippen molar-refractivity contribution in [2.24, 2.45) is 0 Å². The predicted molar refractivity (Wildman–Crippen MR) is 351 cm³/mol. The molecule has 0 aliphatic carbocycles. The number of rotatable bonds is 54. The molecule has 0 aromatic carbocycles. The van der Waals surface area contributed by atoms with Crippen LogP contribution < -0.4 is 5.32 Å². The Balaban J connectivity index is 1.45. The second-order valence-corrected chi connectivity index (χ2v) is 25.3. The van der Waals surface area contributed by atoms with Gasteiger partial charge in [0.05, 0.1) is 38.6 Å². The highest BCUT2D eigenvalue weighted by Gasteiger charge is 2.53. The molecule has 0 bridgehead atoms. The average molecular weight is 1280 g/mol. The van der Waals surface area contributed by atoms with Gasteiger partial charge in [-0.1, -0.05) is 235 Å². The van der Waals surface area contributed by atoms with E-state index in [1.54, 1.807) is 6.08 Å². The first kappa shape index (κ1) is 81.7. The molecule has 0 saturated carbocycles. The maximum atomic E-state index is 13.4. The first-order valence-electron chi connectivity index (χ1n) is 35.5. The van der Waals surface area contributed by atoms with Crippen molar-refractivity contribution in [3.8, 4) is 0 Å². The zero-order valence-corrected chi connectivity index (χ0v) is 55.4. The molecule has 3 heterocycles. The predicted octanol–water partition coefficient (Wildman–Crippen LogP) is 9.55. The molecule has 0 radical (unpaired) electrons. The number of amides is 1. The van der Waals surface area contributed by atoms with Crippen LogP contribution in [0.15, 0.2) is 60.8 Å². The third-order valence-corrected chi connectivity index (χ3v) is 17.5. The fourth-order valence-corrected chi connectivity index (χ4v) is 11.7. The summed E-state index contributed by atoms with van der Waals surface area (Å²) >= 11 is 0. The van der Waals surface area contributed by atoms with Crippen LogP contribution in [0.5, 0.6) is 0 Å². The van der Waals surface area contributed by atoms with Gasteiger partial charge in [-0.15, -0.1) is 0 Å². The molecule has 3 aliphatic rings. The van der Waals surface area contributed by atoms with Crippen LogP contribution in [0.1, 0.15) is 251 Å². The van der Waals surface area contributed by atoms with E-state index in [1.807, 2.05) is 6.08 Å². The lowest BCUT2D eigenvalue weighted by Crippen LogP contribution is -2.66. The minimum Gasteiger partial charge on any atom is -0.394 e. The third kappa shape index (κ3) is 34.2. The van der Waals surface area contributed by atoms with Crippen molar-refractivity contribution >= 4 is 5.91 Å². The lowest BCUT2D eigenvalue weighted by molar-refractivity contribution is -0.379. The summed E-state index contributed by atoms with van der Waals surface area (Å²) in [6.45, 7) is 1.69. The third-order valence-electron chi connectivity index (χ3n) is 17.5. The van der Waals surface area contributed by atoms with E-state index < -0.39 is 124 Å². The molecule has 0 spiro atoms. The van der Waals surface area contributed by atoms with E-state index in [0.29, 0.717) is 12.8 Å². The van der Waals surface area contributed by atoms with Gasteiger partial charge in [0.25, 0.3) is 0 Å². The number of unbranched alkanes of at least 4 members (excludes halogenated alkanes) is 30. The summed E-state index contributed by atoms with van der Waals surface area (Å²) in [7, 11) is 0. The smallest absolute Gasteiger partial charge is 0.220 e. The maximum absolute atomic E-state index is 13.4. The summed E-state index contributed by atoms with van der Waals surface area (Å²) in [6, 6.07) is -1.00. The topological polar surface area (TPSA) is 307 Å². The molecule has 12 N–H and O–H groups in total. The molecular weight excluding hydrogens is 1150 g/mol. The molecule has 524 valence electrons. The summed E-state index contributed by atoms with van der Waals surface area (Å²) in [5, 5.41) is 121. The number of carbonyl (C=O) groups is 1.